The van der Waals surface area contributed by atoms with E-state index >= 15 is 0 Å². The van der Waals surface area contributed by atoms with Crippen molar-refractivity contribution in [1.29, 1.82) is 0 Å². The van der Waals surface area contributed by atoms with Crippen molar-refractivity contribution >= 4 is 21.7 Å². The van der Waals surface area contributed by atoms with Crippen molar-refractivity contribution in [3.63, 3.8) is 0 Å². The molecule has 4 heteroatoms. The van der Waals surface area contributed by atoms with Gasteiger partial charge >= 0.3 is 0 Å². The van der Waals surface area contributed by atoms with Crippen LogP contribution < -0.4 is 0 Å². The van der Waals surface area contributed by atoms with E-state index in [0.29, 0.717) is 10.9 Å². The van der Waals surface area contributed by atoms with E-state index in [-0.39, 0.29) is 11.6 Å². The lowest BCUT2D eigenvalue weighted by atomic mass is 9.83. The minimum Gasteiger partial charge on any atom is -0.297 e. The van der Waals surface area contributed by atoms with Crippen LogP contribution in [0.1, 0.15) is 32.3 Å². The van der Waals surface area contributed by atoms with Gasteiger partial charge in [0.25, 0.3) is 0 Å². The number of ketones is 1. The molecule has 0 aliphatic carbocycles. The summed E-state index contributed by atoms with van der Waals surface area (Å²) in [4.78, 5) is 14.6. The summed E-state index contributed by atoms with van der Waals surface area (Å²) in [7, 11) is 3.87. The largest absolute Gasteiger partial charge is 0.297 e. The lowest BCUT2D eigenvalue weighted by molar-refractivity contribution is -0.129. The van der Waals surface area contributed by atoms with Crippen molar-refractivity contribution in [2.24, 2.45) is 0 Å². The zero-order chi connectivity index (χ0) is 14.6. The van der Waals surface area contributed by atoms with E-state index in [2.05, 4.69) is 15.9 Å². The number of benzene rings is 1. The first-order valence-electron chi connectivity index (χ1n) is 6.52. The molecule has 0 radical (unpaired) electrons. The van der Waals surface area contributed by atoms with Crippen LogP contribution in [0.2, 0.25) is 0 Å². The third-order valence-electron chi connectivity index (χ3n) is 3.91. The monoisotopic (exact) mass is 329 g/mol. The number of carbonyl (C=O) groups is 1. The van der Waals surface area contributed by atoms with Crippen LogP contribution in [0.15, 0.2) is 22.7 Å². The highest BCUT2D eigenvalue weighted by atomic mass is 79.9. The summed E-state index contributed by atoms with van der Waals surface area (Å²) in [5, 5.41) is 0. The Morgan fingerprint density at radius 1 is 1.32 bits per heavy atom. The molecule has 0 saturated carbocycles. The molecule has 0 N–H and O–H groups in total. The molecule has 0 unspecified atom stereocenters. The van der Waals surface area contributed by atoms with Gasteiger partial charge in [0.1, 0.15) is 5.82 Å². The molecule has 1 aromatic carbocycles. The van der Waals surface area contributed by atoms with E-state index in [1.54, 1.807) is 6.07 Å². The van der Waals surface area contributed by atoms with Crippen LogP contribution in [0.4, 0.5) is 4.39 Å². The Morgan fingerprint density at radius 3 is 2.32 bits per heavy atom. The quantitative estimate of drug-likeness (QED) is 0.790. The van der Waals surface area contributed by atoms with Crippen LogP contribution in [0.5, 0.6) is 0 Å². The second-order valence-corrected chi connectivity index (χ2v) is 5.82. The number of rotatable bonds is 6. The molecule has 1 aromatic rings. The second-order valence-electron chi connectivity index (χ2n) is 4.97. The summed E-state index contributed by atoms with van der Waals surface area (Å²) in [5.41, 5.74) is 0.396. The minimum absolute atomic E-state index is 0.176. The van der Waals surface area contributed by atoms with Gasteiger partial charge in [-0.25, -0.2) is 4.39 Å². The van der Waals surface area contributed by atoms with Gasteiger partial charge in [0.05, 0.1) is 5.54 Å². The predicted molar refractivity (Wildman–Crippen MR) is 79.8 cm³/mol. The molecule has 0 aromatic heterocycles. The highest BCUT2D eigenvalue weighted by Gasteiger charge is 2.36. The van der Waals surface area contributed by atoms with Gasteiger partial charge in [0.2, 0.25) is 0 Å². The molecule has 0 amide bonds. The highest BCUT2D eigenvalue weighted by Crippen LogP contribution is 2.27. The van der Waals surface area contributed by atoms with E-state index in [4.69, 9.17) is 0 Å². The Morgan fingerprint density at radius 2 is 1.89 bits per heavy atom. The molecule has 19 heavy (non-hydrogen) atoms. The van der Waals surface area contributed by atoms with Gasteiger partial charge in [0, 0.05) is 10.9 Å². The maximum Gasteiger partial charge on any atom is 0.157 e. The molecule has 0 bridgehead atoms. The maximum atomic E-state index is 13.1. The molecule has 0 heterocycles. The van der Waals surface area contributed by atoms with Crippen molar-refractivity contribution in [2.45, 2.75) is 38.6 Å². The molecule has 0 spiro atoms. The second kappa shape index (κ2) is 6.62. The van der Waals surface area contributed by atoms with Gasteiger partial charge in [-0.2, -0.15) is 0 Å². The number of likely N-dealkylation sites (N-methyl/N-ethyl adjacent to an activating group) is 1. The van der Waals surface area contributed by atoms with E-state index in [1.165, 1.54) is 12.1 Å². The standard InChI is InChI=1S/C15H21BrFNO/c1-5-15(6-2,18(3)4)14(19)9-11-7-8-12(17)10-13(11)16/h7-8,10H,5-6,9H2,1-4H3. The average Bonchev–Trinajstić information content (AvgIpc) is 2.34. The Kier molecular flexibility index (Phi) is 5.68. The van der Waals surface area contributed by atoms with Gasteiger partial charge in [-0.05, 0) is 44.6 Å². The number of hydrogen-bond acceptors (Lipinski definition) is 2. The molecule has 0 saturated heterocycles. The first-order chi connectivity index (χ1) is 8.87. The summed E-state index contributed by atoms with van der Waals surface area (Å²) in [5.74, 6) is -0.122. The van der Waals surface area contributed by atoms with Crippen LogP contribution in [0.3, 0.4) is 0 Å². The molecular weight excluding hydrogens is 309 g/mol. The van der Waals surface area contributed by atoms with Crippen LogP contribution in [0.25, 0.3) is 0 Å². The fourth-order valence-electron chi connectivity index (χ4n) is 2.53. The van der Waals surface area contributed by atoms with Crippen molar-refractivity contribution in [2.75, 3.05) is 14.1 Å². The van der Waals surface area contributed by atoms with E-state index in [1.807, 2.05) is 32.8 Å². The van der Waals surface area contributed by atoms with Crippen molar-refractivity contribution in [3.05, 3.63) is 34.1 Å². The predicted octanol–water partition coefficient (Wildman–Crippen LogP) is 3.82. The smallest absolute Gasteiger partial charge is 0.157 e. The summed E-state index contributed by atoms with van der Waals surface area (Å²) in [6, 6.07) is 4.46. The number of Topliss-reactive ketones (excluding diaryl/α,β-unsaturated/α-hetero) is 1. The summed E-state index contributed by atoms with van der Waals surface area (Å²) >= 11 is 3.32. The molecule has 0 aliphatic rings. The van der Waals surface area contributed by atoms with E-state index < -0.39 is 5.54 Å². The number of nitrogens with zero attached hydrogens (tertiary/aromatic N) is 1. The normalized spacial score (nSPS) is 11.9. The minimum atomic E-state index is -0.437. The first-order valence-corrected chi connectivity index (χ1v) is 7.31. The topological polar surface area (TPSA) is 20.3 Å². The molecule has 1 rings (SSSR count). The van der Waals surface area contributed by atoms with E-state index in [0.717, 1.165) is 18.4 Å². The molecular formula is C15H21BrFNO. The van der Waals surface area contributed by atoms with Gasteiger partial charge < -0.3 is 0 Å². The fraction of sp³-hybridized carbons (Fsp3) is 0.533. The third-order valence-corrected chi connectivity index (χ3v) is 4.65. The summed E-state index contributed by atoms with van der Waals surface area (Å²) in [6.45, 7) is 4.06. The lowest BCUT2D eigenvalue weighted by Gasteiger charge is -2.37. The number of halogens is 2. The Balaban J connectivity index is 3.00. The molecule has 0 atom stereocenters. The molecule has 0 aliphatic heterocycles. The zero-order valence-corrected chi connectivity index (χ0v) is 13.6. The highest BCUT2D eigenvalue weighted by molar-refractivity contribution is 9.10. The Labute approximate surface area is 123 Å². The Bertz CT molecular complexity index is 455. The lowest BCUT2D eigenvalue weighted by Crippen LogP contribution is -2.51. The zero-order valence-electron chi connectivity index (χ0n) is 12.0. The average molecular weight is 330 g/mol. The van der Waals surface area contributed by atoms with Crippen molar-refractivity contribution < 1.29 is 9.18 Å². The van der Waals surface area contributed by atoms with Gasteiger partial charge in [0.15, 0.2) is 5.78 Å². The number of hydrogen-bond donors (Lipinski definition) is 0. The SMILES string of the molecule is CCC(CC)(C(=O)Cc1ccc(F)cc1Br)N(C)C. The number of carbonyl (C=O) groups excluding carboxylic acids is 1. The summed E-state index contributed by atoms with van der Waals surface area (Å²) in [6.07, 6.45) is 1.86. The van der Waals surface area contributed by atoms with Gasteiger partial charge in [-0.15, -0.1) is 0 Å². The third kappa shape index (κ3) is 3.42. The molecule has 106 valence electrons. The van der Waals surface area contributed by atoms with Crippen LogP contribution >= 0.6 is 15.9 Å². The fourth-order valence-corrected chi connectivity index (χ4v) is 3.02. The van der Waals surface area contributed by atoms with E-state index in [9.17, 15) is 9.18 Å². The summed E-state index contributed by atoms with van der Waals surface area (Å²) < 4.78 is 13.7. The van der Waals surface area contributed by atoms with Crippen LogP contribution in [-0.4, -0.2) is 30.3 Å². The van der Waals surface area contributed by atoms with Gasteiger partial charge in [-0.1, -0.05) is 35.8 Å². The van der Waals surface area contributed by atoms with Crippen LogP contribution in [0, 0.1) is 5.82 Å². The van der Waals surface area contributed by atoms with Crippen molar-refractivity contribution in [1.82, 2.24) is 4.90 Å². The first kappa shape index (κ1) is 16.3. The molecule has 2 nitrogen and oxygen atoms in total. The Hall–Kier alpha value is -0.740. The maximum absolute atomic E-state index is 13.1. The van der Waals surface area contributed by atoms with Crippen molar-refractivity contribution in [3.8, 4) is 0 Å². The van der Waals surface area contributed by atoms with Gasteiger partial charge in [-0.3, -0.25) is 9.69 Å². The van der Waals surface area contributed by atoms with Crippen LogP contribution in [-0.2, 0) is 11.2 Å². The molecule has 0 fully saturated rings.